The molecule has 7 nitrogen and oxygen atoms in total. The molecule has 2 N–H and O–H groups in total. The number of carbonyl (C=O) groups excluding carboxylic acids is 2. The fourth-order valence-corrected chi connectivity index (χ4v) is 3.21. The molecule has 2 aromatic carbocycles. The second-order valence-electron chi connectivity index (χ2n) is 6.96. The van der Waals surface area contributed by atoms with Crippen molar-refractivity contribution >= 4 is 17.5 Å². The Morgan fingerprint density at radius 1 is 0.839 bits per heavy atom. The maximum absolute atomic E-state index is 12.9. The lowest BCUT2D eigenvalue weighted by molar-refractivity contribution is 0.0940. The number of benzene rings is 2. The maximum Gasteiger partial charge on any atom is 0.274 e. The van der Waals surface area contributed by atoms with Gasteiger partial charge in [-0.2, -0.15) is 0 Å². The minimum absolute atomic E-state index is 0.237. The summed E-state index contributed by atoms with van der Waals surface area (Å²) in [5.41, 5.74) is 2.32. The largest absolute Gasteiger partial charge is 0.338 e. The number of imidazole rings is 1. The Kier molecular flexibility index (Phi) is 5.84. The first-order valence-electron chi connectivity index (χ1n) is 9.77. The van der Waals surface area contributed by atoms with Crippen LogP contribution in [-0.4, -0.2) is 26.3 Å². The summed E-state index contributed by atoms with van der Waals surface area (Å²) in [6.07, 6.45) is 5.11. The summed E-state index contributed by atoms with van der Waals surface area (Å²) >= 11 is 0. The van der Waals surface area contributed by atoms with E-state index >= 15 is 0 Å². The number of rotatable bonds is 6. The number of aryl methyl sites for hydroxylation is 1. The summed E-state index contributed by atoms with van der Waals surface area (Å²) in [4.78, 5) is 33.6. The molecule has 4 aromatic rings. The molecule has 0 fully saturated rings. The Morgan fingerprint density at radius 3 is 2.23 bits per heavy atom. The topological polar surface area (TPSA) is 88.9 Å². The van der Waals surface area contributed by atoms with Gasteiger partial charge in [-0.25, -0.2) is 4.98 Å². The molecule has 0 radical (unpaired) electrons. The fourth-order valence-electron chi connectivity index (χ4n) is 3.21. The van der Waals surface area contributed by atoms with Gasteiger partial charge in [0.25, 0.3) is 11.8 Å². The second-order valence-corrected chi connectivity index (χ2v) is 6.96. The quantitative estimate of drug-likeness (QED) is 0.508. The van der Waals surface area contributed by atoms with Crippen molar-refractivity contribution < 1.29 is 9.59 Å². The molecule has 7 heteroatoms. The van der Waals surface area contributed by atoms with Gasteiger partial charge < -0.3 is 15.2 Å². The summed E-state index contributed by atoms with van der Waals surface area (Å²) in [6.45, 7) is 0. The van der Waals surface area contributed by atoms with E-state index < -0.39 is 6.04 Å². The highest BCUT2D eigenvalue weighted by Crippen LogP contribution is 2.21. The number of hydrogen-bond acceptors (Lipinski definition) is 4. The third-order valence-electron chi connectivity index (χ3n) is 4.83. The van der Waals surface area contributed by atoms with E-state index in [1.54, 1.807) is 54.9 Å². The van der Waals surface area contributed by atoms with Crippen LogP contribution in [0.4, 0.5) is 5.69 Å². The number of nitrogens with zero attached hydrogens (tertiary/aromatic N) is 3. The van der Waals surface area contributed by atoms with Crippen molar-refractivity contribution in [1.29, 1.82) is 0 Å². The Hall–Kier alpha value is -4.26. The van der Waals surface area contributed by atoms with Gasteiger partial charge in [0.05, 0.1) is 0 Å². The van der Waals surface area contributed by atoms with E-state index in [0.717, 1.165) is 11.4 Å². The number of pyridine rings is 1. The van der Waals surface area contributed by atoms with Crippen molar-refractivity contribution in [3.8, 4) is 0 Å². The van der Waals surface area contributed by atoms with Crippen LogP contribution in [0, 0.1) is 0 Å². The van der Waals surface area contributed by atoms with Crippen molar-refractivity contribution in [2.75, 3.05) is 5.32 Å². The third-order valence-corrected chi connectivity index (χ3v) is 4.83. The smallest absolute Gasteiger partial charge is 0.274 e. The zero-order chi connectivity index (χ0) is 21.6. The molecule has 2 heterocycles. The van der Waals surface area contributed by atoms with Crippen LogP contribution in [0.2, 0.25) is 0 Å². The highest BCUT2D eigenvalue weighted by molar-refractivity contribution is 6.03. The molecule has 2 aromatic heterocycles. The Morgan fingerprint density at radius 2 is 1.58 bits per heavy atom. The second kappa shape index (κ2) is 9.04. The van der Waals surface area contributed by atoms with E-state index in [1.165, 1.54) is 0 Å². The van der Waals surface area contributed by atoms with Crippen LogP contribution in [0.5, 0.6) is 0 Å². The lowest BCUT2D eigenvalue weighted by Crippen LogP contribution is -2.31. The molecule has 0 bridgehead atoms. The average Bonchev–Trinajstić information content (AvgIpc) is 3.24. The van der Waals surface area contributed by atoms with Gasteiger partial charge in [0.1, 0.15) is 17.6 Å². The summed E-state index contributed by atoms with van der Waals surface area (Å²) < 4.78 is 1.88. The molecule has 0 spiro atoms. The zero-order valence-corrected chi connectivity index (χ0v) is 16.9. The van der Waals surface area contributed by atoms with Gasteiger partial charge in [0.2, 0.25) is 0 Å². The summed E-state index contributed by atoms with van der Waals surface area (Å²) in [5.74, 6) is 0.190. The summed E-state index contributed by atoms with van der Waals surface area (Å²) in [7, 11) is 1.89. The molecule has 0 saturated carbocycles. The van der Waals surface area contributed by atoms with E-state index in [1.807, 2.05) is 48.1 Å². The molecule has 2 amide bonds. The molecule has 0 aliphatic heterocycles. The van der Waals surface area contributed by atoms with E-state index in [4.69, 9.17) is 0 Å². The predicted molar refractivity (Wildman–Crippen MR) is 118 cm³/mol. The van der Waals surface area contributed by atoms with Gasteiger partial charge in [-0.3, -0.25) is 14.6 Å². The van der Waals surface area contributed by atoms with Crippen LogP contribution in [0.25, 0.3) is 0 Å². The van der Waals surface area contributed by atoms with Crippen LogP contribution >= 0.6 is 0 Å². The van der Waals surface area contributed by atoms with Crippen molar-refractivity contribution in [2.45, 2.75) is 6.04 Å². The number of aromatic nitrogens is 3. The van der Waals surface area contributed by atoms with Gasteiger partial charge in [-0.05, 0) is 42.0 Å². The van der Waals surface area contributed by atoms with Crippen LogP contribution in [0.3, 0.4) is 0 Å². The fraction of sp³-hybridized carbons (Fsp3) is 0.0833. The maximum atomic E-state index is 12.9. The highest BCUT2D eigenvalue weighted by atomic mass is 16.2. The standard InChI is InChI=1S/C24H21N5O2/c1-29-16-15-26-22(29)21(17-7-3-2-4-8-17)28-23(30)18-10-12-19(13-11-18)27-24(31)20-9-5-6-14-25-20/h2-16,21H,1H3,(H,27,31)(H,28,30)/t21-/m1/s1. The van der Waals surface area contributed by atoms with Crippen molar-refractivity contribution in [3.63, 3.8) is 0 Å². The van der Waals surface area contributed by atoms with E-state index in [2.05, 4.69) is 20.6 Å². The van der Waals surface area contributed by atoms with Crippen LogP contribution in [0.15, 0.2) is 91.4 Å². The Balaban J connectivity index is 1.49. The highest BCUT2D eigenvalue weighted by Gasteiger charge is 2.21. The normalized spacial score (nSPS) is 11.5. The van der Waals surface area contributed by atoms with Crippen LogP contribution in [0.1, 0.15) is 38.3 Å². The van der Waals surface area contributed by atoms with Gasteiger partial charge >= 0.3 is 0 Å². The molecule has 31 heavy (non-hydrogen) atoms. The number of hydrogen-bond donors (Lipinski definition) is 2. The predicted octanol–water partition coefficient (Wildman–Crippen LogP) is 3.59. The summed E-state index contributed by atoms with van der Waals surface area (Å²) in [5, 5.41) is 5.83. The first-order valence-corrected chi connectivity index (χ1v) is 9.77. The lowest BCUT2D eigenvalue weighted by atomic mass is 10.1. The number of nitrogens with one attached hydrogen (secondary N) is 2. The minimum Gasteiger partial charge on any atom is -0.338 e. The van der Waals surface area contributed by atoms with E-state index in [0.29, 0.717) is 16.9 Å². The SMILES string of the molecule is Cn1ccnc1[C@H](NC(=O)c1ccc(NC(=O)c2ccccn2)cc1)c1ccccc1. The van der Waals surface area contributed by atoms with Gasteiger partial charge in [-0.15, -0.1) is 0 Å². The number of anilines is 1. The van der Waals surface area contributed by atoms with Crippen molar-refractivity contribution in [2.24, 2.45) is 7.05 Å². The van der Waals surface area contributed by atoms with E-state index in [-0.39, 0.29) is 11.8 Å². The first-order chi connectivity index (χ1) is 15.1. The van der Waals surface area contributed by atoms with Gasteiger partial charge in [0.15, 0.2) is 0 Å². The average molecular weight is 411 g/mol. The zero-order valence-electron chi connectivity index (χ0n) is 16.9. The molecule has 0 saturated heterocycles. The van der Waals surface area contributed by atoms with E-state index in [9.17, 15) is 9.59 Å². The number of carbonyl (C=O) groups is 2. The van der Waals surface area contributed by atoms with Gasteiger partial charge in [0, 0.05) is 36.9 Å². The van der Waals surface area contributed by atoms with Crippen LogP contribution in [-0.2, 0) is 7.05 Å². The monoisotopic (exact) mass is 411 g/mol. The van der Waals surface area contributed by atoms with Crippen molar-refractivity contribution in [1.82, 2.24) is 19.9 Å². The first kappa shape index (κ1) is 20.0. The molecular formula is C24H21N5O2. The summed E-state index contributed by atoms with van der Waals surface area (Å²) in [6, 6.07) is 21.2. The molecule has 0 aliphatic rings. The third kappa shape index (κ3) is 4.67. The minimum atomic E-state index is -0.391. The Labute approximate surface area is 179 Å². The molecular weight excluding hydrogens is 390 g/mol. The number of amides is 2. The Bertz CT molecular complexity index is 1170. The molecule has 154 valence electrons. The van der Waals surface area contributed by atoms with Gasteiger partial charge in [-0.1, -0.05) is 36.4 Å². The molecule has 4 rings (SSSR count). The lowest BCUT2D eigenvalue weighted by Gasteiger charge is -2.19. The molecule has 1 atom stereocenters. The van der Waals surface area contributed by atoms with Crippen molar-refractivity contribution in [3.05, 3.63) is 114 Å². The molecule has 0 unspecified atom stereocenters. The van der Waals surface area contributed by atoms with Crippen LogP contribution < -0.4 is 10.6 Å². The molecule has 0 aliphatic carbocycles.